The number of carbonyl (C=O) groups excluding carboxylic acids is 1. The van der Waals surface area contributed by atoms with Gasteiger partial charge in [0.2, 0.25) is 5.91 Å². The monoisotopic (exact) mass is 290 g/mol. The van der Waals surface area contributed by atoms with Crippen molar-refractivity contribution in [3.8, 4) is 0 Å². The van der Waals surface area contributed by atoms with Crippen molar-refractivity contribution in [2.45, 2.75) is 37.6 Å². The number of nitrogens with two attached hydrogens (primary N) is 1. The number of benzene rings is 1. The summed E-state index contributed by atoms with van der Waals surface area (Å²) in [6, 6.07) is 3.67. The number of nitrogens with one attached hydrogen (secondary N) is 1. The first-order valence-corrected chi connectivity index (χ1v) is 6.07. The normalized spacial score (nSPS) is 17.4. The molecule has 106 valence electrons. The SMILES string of the molecule is Cl.NC1(C(=O)Nc2cccc(F)c2F)CCCCC1. The summed E-state index contributed by atoms with van der Waals surface area (Å²) in [7, 11) is 0. The van der Waals surface area contributed by atoms with E-state index in [4.69, 9.17) is 5.73 Å². The first-order chi connectivity index (χ1) is 8.53. The molecule has 19 heavy (non-hydrogen) atoms. The van der Waals surface area contributed by atoms with Crippen LogP contribution in [-0.2, 0) is 4.79 Å². The van der Waals surface area contributed by atoms with Crippen molar-refractivity contribution in [3.63, 3.8) is 0 Å². The lowest BCUT2D eigenvalue weighted by Gasteiger charge is -2.31. The fraction of sp³-hybridized carbons (Fsp3) is 0.462. The Morgan fingerprint density at radius 3 is 2.47 bits per heavy atom. The molecule has 0 unspecified atom stereocenters. The third-order valence-electron chi connectivity index (χ3n) is 3.40. The van der Waals surface area contributed by atoms with E-state index >= 15 is 0 Å². The van der Waals surface area contributed by atoms with E-state index in [9.17, 15) is 13.6 Å². The van der Waals surface area contributed by atoms with Crippen molar-refractivity contribution >= 4 is 24.0 Å². The number of anilines is 1. The highest BCUT2D eigenvalue weighted by Crippen LogP contribution is 2.27. The van der Waals surface area contributed by atoms with Crippen LogP contribution in [0.4, 0.5) is 14.5 Å². The van der Waals surface area contributed by atoms with Crippen LogP contribution in [-0.4, -0.2) is 11.4 Å². The molecule has 3 nitrogen and oxygen atoms in total. The van der Waals surface area contributed by atoms with Crippen molar-refractivity contribution in [1.82, 2.24) is 0 Å². The summed E-state index contributed by atoms with van der Waals surface area (Å²) in [6.45, 7) is 0. The van der Waals surface area contributed by atoms with Crippen molar-refractivity contribution in [3.05, 3.63) is 29.8 Å². The van der Waals surface area contributed by atoms with Gasteiger partial charge in [-0.05, 0) is 25.0 Å². The Balaban J connectivity index is 0.00000180. The van der Waals surface area contributed by atoms with Crippen LogP contribution in [0.3, 0.4) is 0 Å². The van der Waals surface area contributed by atoms with Crippen LogP contribution in [0.15, 0.2) is 18.2 Å². The summed E-state index contributed by atoms with van der Waals surface area (Å²) in [6.07, 6.45) is 3.98. The Morgan fingerprint density at radius 1 is 1.21 bits per heavy atom. The van der Waals surface area contributed by atoms with E-state index < -0.39 is 23.1 Å². The maximum atomic E-state index is 13.4. The van der Waals surface area contributed by atoms with Gasteiger partial charge in [0.05, 0.1) is 11.2 Å². The molecule has 1 aromatic rings. The fourth-order valence-electron chi connectivity index (χ4n) is 2.26. The molecule has 2 rings (SSSR count). The molecule has 1 aliphatic rings. The van der Waals surface area contributed by atoms with E-state index in [1.807, 2.05) is 0 Å². The summed E-state index contributed by atoms with van der Waals surface area (Å²) in [5, 5.41) is 2.38. The zero-order valence-electron chi connectivity index (χ0n) is 10.4. The lowest BCUT2D eigenvalue weighted by atomic mass is 9.82. The molecule has 1 aromatic carbocycles. The average Bonchev–Trinajstić information content (AvgIpc) is 2.36. The molecule has 0 aromatic heterocycles. The largest absolute Gasteiger partial charge is 0.322 e. The predicted octanol–water partition coefficient (Wildman–Crippen LogP) is 2.99. The van der Waals surface area contributed by atoms with Gasteiger partial charge in [-0.3, -0.25) is 4.79 Å². The van der Waals surface area contributed by atoms with E-state index in [0.29, 0.717) is 12.8 Å². The van der Waals surface area contributed by atoms with Gasteiger partial charge < -0.3 is 11.1 Å². The Kier molecular flexibility index (Phi) is 5.26. The highest BCUT2D eigenvalue weighted by atomic mass is 35.5. The van der Waals surface area contributed by atoms with E-state index in [1.165, 1.54) is 12.1 Å². The van der Waals surface area contributed by atoms with Gasteiger partial charge in [-0.2, -0.15) is 0 Å². The van der Waals surface area contributed by atoms with Crippen molar-refractivity contribution in [1.29, 1.82) is 0 Å². The second kappa shape index (κ2) is 6.30. The Labute approximate surface area is 117 Å². The Morgan fingerprint density at radius 2 is 1.84 bits per heavy atom. The zero-order valence-corrected chi connectivity index (χ0v) is 11.2. The molecule has 0 spiro atoms. The number of halogens is 3. The van der Waals surface area contributed by atoms with Gasteiger partial charge in [-0.25, -0.2) is 8.78 Å². The zero-order chi connectivity index (χ0) is 13.2. The maximum Gasteiger partial charge on any atom is 0.244 e. The van der Waals surface area contributed by atoms with E-state index in [0.717, 1.165) is 25.3 Å². The van der Waals surface area contributed by atoms with Gasteiger partial charge >= 0.3 is 0 Å². The van der Waals surface area contributed by atoms with Crippen LogP contribution in [0.25, 0.3) is 0 Å². The standard InChI is InChI=1S/C13H16F2N2O.ClH/c14-9-5-4-6-10(11(9)15)17-12(18)13(16)7-2-1-3-8-13;/h4-6H,1-3,7-8,16H2,(H,17,18);1H. The van der Waals surface area contributed by atoms with Gasteiger partial charge in [-0.1, -0.05) is 25.3 Å². The number of hydrogen-bond donors (Lipinski definition) is 2. The lowest BCUT2D eigenvalue weighted by molar-refractivity contribution is -0.122. The number of rotatable bonds is 2. The van der Waals surface area contributed by atoms with Gasteiger partial charge in [0.15, 0.2) is 11.6 Å². The molecule has 0 radical (unpaired) electrons. The van der Waals surface area contributed by atoms with Crippen LogP contribution < -0.4 is 11.1 Å². The second-order valence-corrected chi connectivity index (χ2v) is 4.77. The number of amides is 1. The quantitative estimate of drug-likeness (QED) is 0.880. The second-order valence-electron chi connectivity index (χ2n) is 4.77. The highest BCUT2D eigenvalue weighted by molar-refractivity contribution is 5.98. The molecule has 1 fully saturated rings. The molecule has 6 heteroatoms. The summed E-state index contributed by atoms with van der Waals surface area (Å²) in [5.74, 6) is -2.47. The molecule has 0 bridgehead atoms. The molecule has 1 aliphatic carbocycles. The van der Waals surface area contributed by atoms with Gasteiger partial charge in [0.25, 0.3) is 0 Å². The number of carbonyl (C=O) groups is 1. The highest BCUT2D eigenvalue weighted by Gasteiger charge is 2.35. The smallest absolute Gasteiger partial charge is 0.244 e. The van der Waals surface area contributed by atoms with E-state index in [1.54, 1.807) is 0 Å². The van der Waals surface area contributed by atoms with Gasteiger partial charge in [0, 0.05) is 0 Å². The summed E-state index contributed by atoms with van der Waals surface area (Å²) in [5.41, 5.74) is 4.89. The summed E-state index contributed by atoms with van der Waals surface area (Å²) >= 11 is 0. The summed E-state index contributed by atoms with van der Waals surface area (Å²) < 4.78 is 26.4. The van der Waals surface area contributed by atoms with Crippen LogP contribution in [0, 0.1) is 11.6 Å². The van der Waals surface area contributed by atoms with Gasteiger partial charge in [-0.15, -0.1) is 12.4 Å². The van der Waals surface area contributed by atoms with Crippen LogP contribution >= 0.6 is 12.4 Å². The van der Waals surface area contributed by atoms with E-state index in [2.05, 4.69) is 5.32 Å². The minimum Gasteiger partial charge on any atom is -0.322 e. The molecular formula is C13H17ClF2N2O. The molecule has 0 atom stereocenters. The topological polar surface area (TPSA) is 55.1 Å². The predicted molar refractivity (Wildman–Crippen MR) is 72.2 cm³/mol. The summed E-state index contributed by atoms with van der Waals surface area (Å²) in [4.78, 5) is 12.0. The molecule has 1 amide bonds. The Hall–Kier alpha value is -1.20. The molecule has 0 saturated heterocycles. The van der Waals surface area contributed by atoms with Gasteiger partial charge in [0.1, 0.15) is 0 Å². The van der Waals surface area contributed by atoms with Crippen molar-refractivity contribution in [2.75, 3.05) is 5.32 Å². The van der Waals surface area contributed by atoms with E-state index in [-0.39, 0.29) is 18.1 Å². The fourth-order valence-corrected chi connectivity index (χ4v) is 2.26. The minimum absolute atomic E-state index is 0. The van der Waals surface area contributed by atoms with Crippen molar-refractivity contribution < 1.29 is 13.6 Å². The van der Waals surface area contributed by atoms with Crippen LogP contribution in [0.1, 0.15) is 32.1 Å². The molecule has 0 heterocycles. The molecule has 1 saturated carbocycles. The third-order valence-corrected chi connectivity index (χ3v) is 3.40. The van der Waals surface area contributed by atoms with Crippen LogP contribution in [0.5, 0.6) is 0 Å². The maximum absolute atomic E-state index is 13.4. The molecular weight excluding hydrogens is 274 g/mol. The minimum atomic E-state index is -1.05. The molecule has 3 N–H and O–H groups in total. The first-order valence-electron chi connectivity index (χ1n) is 6.07. The first kappa shape index (κ1) is 15.9. The third kappa shape index (κ3) is 3.42. The number of hydrogen-bond acceptors (Lipinski definition) is 2. The van der Waals surface area contributed by atoms with Crippen LogP contribution in [0.2, 0.25) is 0 Å². The van der Waals surface area contributed by atoms with Crippen molar-refractivity contribution in [2.24, 2.45) is 5.73 Å². The Bertz CT molecular complexity index is 462. The molecule has 0 aliphatic heterocycles. The lowest BCUT2D eigenvalue weighted by Crippen LogP contribution is -2.52. The average molecular weight is 291 g/mol.